The number of hydrogen-bond acceptors (Lipinski definition) is 6. The maximum atomic E-state index is 6.05. The van der Waals surface area contributed by atoms with Crippen molar-refractivity contribution < 1.29 is 26.6 Å². The second-order valence-corrected chi connectivity index (χ2v) is 13.6. The fraction of sp³-hybridized carbons (Fsp3) is 0.400. The molecule has 0 heterocycles. The zero-order chi connectivity index (χ0) is 27.4. The average Bonchev–Trinajstić information content (AvgIpc) is 2.94. The van der Waals surface area contributed by atoms with Gasteiger partial charge in [0, 0.05) is 50.0 Å². The summed E-state index contributed by atoms with van der Waals surface area (Å²) in [5.41, 5.74) is 4.54. The Kier molecular flexibility index (Phi) is 11.9. The van der Waals surface area contributed by atoms with Crippen molar-refractivity contribution in [1.82, 2.24) is 0 Å². The van der Waals surface area contributed by atoms with Crippen LogP contribution < -0.4 is 10.4 Å². The molecule has 0 aliphatic rings. The van der Waals surface area contributed by atoms with Crippen molar-refractivity contribution >= 4 is 28.0 Å². The molecule has 0 atom stereocenters. The van der Waals surface area contributed by atoms with Gasteiger partial charge in [-0.25, -0.2) is 0 Å². The molecule has 0 saturated heterocycles. The highest BCUT2D eigenvalue weighted by molar-refractivity contribution is 6.75. The summed E-state index contributed by atoms with van der Waals surface area (Å²) in [7, 11) is -5.81. The van der Waals surface area contributed by atoms with Gasteiger partial charge in [0.2, 0.25) is 0 Å². The summed E-state index contributed by atoms with van der Waals surface area (Å²) in [6.45, 7) is 15.1. The molecule has 0 aliphatic heterocycles. The number of hydrogen-bond donors (Lipinski definition) is 0. The van der Waals surface area contributed by atoms with E-state index in [2.05, 4.69) is 72.8 Å². The van der Waals surface area contributed by atoms with E-state index in [0.717, 1.165) is 32.6 Å². The SMILES string of the molecule is CCO[Si](OCC)(OCC)c1ccc(-c2ccc(-c3ccc([Si](OCC)(OCC)OCC)cc3)cc2)cc1. The molecule has 0 amide bonds. The summed E-state index contributed by atoms with van der Waals surface area (Å²) in [6, 6.07) is 25.3. The van der Waals surface area contributed by atoms with Crippen molar-refractivity contribution in [2.45, 2.75) is 41.5 Å². The Labute approximate surface area is 230 Å². The number of benzene rings is 3. The lowest BCUT2D eigenvalue weighted by Crippen LogP contribution is -2.56. The van der Waals surface area contributed by atoms with Crippen LogP contribution in [0.15, 0.2) is 72.8 Å². The van der Waals surface area contributed by atoms with Crippen molar-refractivity contribution in [3.63, 3.8) is 0 Å². The van der Waals surface area contributed by atoms with Gasteiger partial charge in [-0.15, -0.1) is 0 Å². The van der Waals surface area contributed by atoms with E-state index < -0.39 is 17.6 Å². The minimum absolute atomic E-state index is 0.544. The van der Waals surface area contributed by atoms with Gasteiger partial charge in [-0.3, -0.25) is 0 Å². The first-order chi connectivity index (χ1) is 18.5. The van der Waals surface area contributed by atoms with Gasteiger partial charge in [-0.1, -0.05) is 72.8 Å². The van der Waals surface area contributed by atoms with Crippen molar-refractivity contribution in [2.24, 2.45) is 0 Å². The van der Waals surface area contributed by atoms with Crippen LogP contribution in [0.4, 0.5) is 0 Å². The van der Waals surface area contributed by atoms with Crippen LogP contribution >= 0.6 is 0 Å². The van der Waals surface area contributed by atoms with Crippen LogP contribution in [0, 0.1) is 0 Å². The Balaban J connectivity index is 1.81. The molecule has 206 valence electrons. The zero-order valence-corrected chi connectivity index (χ0v) is 25.6. The first-order valence-electron chi connectivity index (χ1n) is 13.7. The predicted octanol–water partition coefficient (Wildman–Crippen LogP) is 5.53. The van der Waals surface area contributed by atoms with Crippen molar-refractivity contribution in [3.05, 3.63) is 72.8 Å². The van der Waals surface area contributed by atoms with Crippen LogP contribution in [0.2, 0.25) is 0 Å². The fourth-order valence-corrected chi connectivity index (χ4v) is 9.41. The Bertz CT molecular complexity index is 965. The van der Waals surface area contributed by atoms with E-state index in [0.29, 0.717) is 39.6 Å². The van der Waals surface area contributed by atoms with Gasteiger partial charge < -0.3 is 26.6 Å². The molecule has 38 heavy (non-hydrogen) atoms. The summed E-state index contributed by atoms with van der Waals surface area (Å²) in [5.74, 6) is 0. The maximum absolute atomic E-state index is 6.05. The van der Waals surface area contributed by atoms with E-state index in [4.69, 9.17) is 26.6 Å². The molecule has 0 aliphatic carbocycles. The first kappa shape index (κ1) is 30.4. The van der Waals surface area contributed by atoms with E-state index in [9.17, 15) is 0 Å². The van der Waals surface area contributed by atoms with Gasteiger partial charge in [0.25, 0.3) is 0 Å². The summed E-state index contributed by atoms with van der Waals surface area (Å²) in [6.07, 6.45) is 0. The normalized spacial score (nSPS) is 12.2. The molecule has 0 radical (unpaired) electrons. The lowest BCUT2D eigenvalue weighted by molar-refractivity contribution is 0.0851. The molecule has 3 rings (SSSR count). The molecule has 3 aromatic carbocycles. The predicted molar refractivity (Wildman–Crippen MR) is 158 cm³/mol. The molecule has 6 nitrogen and oxygen atoms in total. The van der Waals surface area contributed by atoms with Gasteiger partial charge >= 0.3 is 17.6 Å². The molecule has 3 aromatic rings. The molecule has 0 fully saturated rings. The van der Waals surface area contributed by atoms with E-state index in [1.165, 1.54) is 0 Å². The second-order valence-electron chi connectivity index (χ2n) is 8.44. The van der Waals surface area contributed by atoms with Crippen molar-refractivity contribution in [1.29, 1.82) is 0 Å². The fourth-order valence-electron chi connectivity index (χ4n) is 4.48. The smallest absolute Gasteiger partial charge is 0.370 e. The van der Waals surface area contributed by atoms with Crippen LogP contribution in [0.1, 0.15) is 41.5 Å². The lowest BCUT2D eigenvalue weighted by Gasteiger charge is -2.28. The quantitative estimate of drug-likeness (QED) is 0.217. The minimum atomic E-state index is -2.91. The van der Waals surface area contributed by atoms with Crippen LogP contribution in [-0.4, -0.2) is 57.3 Å². The van der Waals surface area contributed by atoms with Crippen LogP contribution in [-0.2, 0) is 26.6 Å². The summed E-state index contributed by atoms with van der Waals surface area (Å²) in [4.78, 5) is 0. The molecule has 0 saturated carbocycles. The average molecular weight is 555 g/mol. The number of rotatable bonds is 16. The van der Waals surface area contributed by atoms with E-state index in [-0.39, 0.29) is 0 Å². The molecule has 0 aromatic heterocycles. The Morgan fingerprint density at radius 1 is 0.342 bits per heavy atom. The molecule has 0 bridgehead atoms. The molecule has 8 heteroatoms. The summed E-state index contributed by atoms with van der Waals surface area (Å²) in [5, 5.41) is 1.96. The third-order valence-corrected chi connectivity index (χ3v) is 12.1. The van der Waals surface area contributed by atoms with Gasteiger partial charge in [0.15, 0.2) is 0 Å². The lowest BCUT2D eigenvalue weighted by atomic mass is 10.0. The first-order valence-corrected chi connectivity index (χ1v) is 17.1. The topological polar surface area (TPSA) is 55.4 Å². The second kappa shape index (κ2) is 14.9. The molecule has 0 spiro atoms. The van der Waals surface area contributed by atoms with Gasteiger partial charge in [-0.2, -0.15) is 0 Å². The highest BCUT2D eigenvalue weighted by Crippen LogP contribution is 2.25. The summed E-state index contributed by atoms with van der Waals surface area (Å²) >= 11 is 0. The molecular weight excluding hydrogens is 512 g/mol. The highest BCUT2D eigenvalue weighted by Gasteiger charge is 2.44. The van der Waals surface area contributed by atoms with Gasteiger partial charge in [0.1, 0.15) is 0 Å². The Hall–Kier alpha value is -2.15. The van der Waals surface area contributed by atoms with Crippen molar-refractivity contribution in [3.8, 4) is 22.3 Å². The van der Waals surface area contributed by atoms with Crippen LogP contribution in [0.3, 0.4) is 0 Å². The third kappa shape index (κ3) is 7.08. The van der Waals surface area contributed by atoms with Crippen molar-refractivity contribution in [2.75, 3.05) is 39.6 Å². The van der Waals surface area contributed by atoms with E-state index >= 15 is 0 Å². The highest BCUT2D eigenvalue weighted by atomic mass is 28.4. The van der Waals surface area contributed by atoms with Gasteiger partial charge in [-0.05, 0) is 63.8 Å². The Morgan fingerprint density at radius 2 is 0.526 bits per heavy atom. The largest absolute Gasteiger partial charge is 0.537 e. The summed E-state index contributed by atoms with van der Waals surface area (Å²) < 4.78 is 36.3. The van der Waals surface area contributed by atoms with Crippen LogP contribution in [0.5, 0.6) is 0 Å². The standard InChI is InChI=1S/C30H42O6Si2/c1-7-31-37(32-8-2,33-9-3)29-21-17-27(18-22-29)25-13-15-26(16-14-25)28-19-23-30(24-20-28)38(34-10-4,35-11-5)36-12-6/h13-24H,7-12H2,1-6H3. The maximum Gasteiger partial charge on any atom is 0.537 e. The third-order valence-electron chi connectivity index (χ3n) is 6.03. The molecule has 0 N–H and O–H groups in total. The zero-order valence-electron chi connectivity index (χ0n) is 23.6. The minimum Gasteiger partial charge on any atom is -0.370 e. The van der Waals surface area contributed by atoms with E-state index in [1.807, 2.05) is 41.5 Å². The van der Waals surface area contributed by atoms with E-state index in [1.54, 1.807) is 0 Å². The Morgan fingerprint density at radius 3 is 0.711 bits per heavy atom. The van der Waals surface area contributed by atoms with Crippen LogP contribution in [0.25, 0.3) is 22.3 Å². The molecular formula is C30H42O6Si2. The monoisotopic (exact) mass is 554 g/mol. The van der Waals surface area contributed by atoms with Gasteiger partial charge in [0.05, 0.1) is 0 Å². The molecule has 0 unspecified atom stereocenters.